The van der Waals surface area contributed by atoms with Gasteiger partial charge >= 0.3 is 0 Å². The minimum absolute atomic E-state index is 0.103. The molecule has 1 amide bonds. The zero-order chi connectivity index (χ0) is 11.4. The van der Waals surface area contributed by atoms with Gasteiger partial charge in [0.2, 0.25) is 5.91 Å². The molecule has 0 aliphatic heterocycles. The predicted molar refractivity (Wildman–Crippen MR) is 61.6 cm³/mol. The van der Waals surface area contributed by atoms with Crippen molar-refractivity contribution in [3.8, 4) is 0 Å². The van der Waals surface area contributed by atoms with Crippen LogP contribution in [-0.2, 0) is 4.79 Å². The molecule has 3 nitrogen and oxygen atoms in total. The third-order valence-corrected chi connectivity index (χ3v) is 2.31. The Kier molecular flexibility index (Phi) is 3.86. The van der Waals surface area contributed by atoms with Crippen LogP contribution in [0, 0.1) is 0 Å². The fourth-order valence-electron chi connectivity index (χ4n) is 1.54. The number of hydrogen-bond acceptors (Lipinski definition) is 2. The Bertz CT molecular complexity index is 320. The Morgan fingerprint density at radius 3 is 2.00 bits per heavy atom. The molecule has 0 aliphatic rings. The Labute approximate surface area is 91.3 Å². The maximum absolute atomic E-state index is 12.0. The summed E-state index contributed by atoms with van der Waals surface area (Å²) in [7, 11) is 7.39. The quantitative estimate of drug-likeness (QED) is 0.746. The first-order chi connectivity index (χ1) is 7.04. The summed E-state index contributed by atoms with van der Waals surface area (Å²) in [5, 5.41) is 0. The lowest BCUT2D eigenvalue weighted by Gasteiger charge is -2.26. The van der Waals surface area contributed by atoms with Crippen molar-refractivity contribution >= 4 is 5.91 Å². The van der Waals surface area contributed by atoms with E-state index in [1.54, 1.807) is 19.0 Å². The van der Waals surface area contributed by atoms with Gasteiger partial charge in [-0.2, -0.15) is 0 Å². The summed E-state index contributed by atoms with van der Waals surface area (Å²) in [6.45, 7) is 0. The second-order valence-corrected chi connectivity index (χ2v) is 4.01. The molecule has 1 rings (SSSR count). The Morgan fingerprint density at radius 1 is 1.07 bits per heavy atom. The monoisotopic (exact) mass is 206 g/mol. The van der Waals surface area contributed by atoms with Crippen LogP contribution in [0.15, 0.2) is 30.3 Å². The van der Waals surface area contributed by atoms with Gasteiger partial charge in [-0.3, -0.25) is 9.69 Å². The molecule has 0 N–H and O–H groups in total. The molecule has 15 heavy (non-hydrogen) atoms. The maximum Gasteiger partial charge on any atom is 0.243 e. The number of amides is 1. The summed E-state index contributed by atoms with van der Waals surface area (Å²) in [5.41, 5.74) is 1.03. The van der Waals surface area contributed by atoms with Crippen LogP contribution in [0.2, 0.25) is 0 Å². The molecule has 0 saturated heterocycles. The van der Waals surface area contributed by atoms with Crippen molar-refractivity contribution in [2.75, 3.05) is 28.2 Å². The molecular formula is C12H18N2O. The van der Waals surface area contributed by atoms with Gasteiger partial charge in [-0.15, -0.1) is 0 Å². The molecule has 0 spiro atoms. The second kappa shape index (κ2) is 4.94. The topological polar surface area (TPSA) is 23.6 Å². The molecule has 1 aromatic rings. The first-order valence-corrected chi connectivity index (χ1v) is 4.96. The first kappa shape index (κ1) is 11.7. The fraction of sp³-hybridized carbons (Fsp3) is 0.417. The van der Waals surface area contributed by atoms with Crippen molar-refractivity contribution in [1.29, 1.82) is 0 Å². The van der Waals surface area contributed by atoms with Gasteiger partial charge in [-0.05, 0) is 19.7 Å². The third-order valence-electron chi connectivity index (χ3n) is 2.31. The lowest BCUT2D eigenvalue weighted by Crippen LogP contribution is -2.36. The minimum atomic E-state index is -0.193. The van der Waals surface area contributed by atoms with Crippen molar-refractivity contribution < 1.29 is 4.79 Å². The maximum atomic E-state index is 12.0. The van der Waals surface area contributed by atoms with E-state index in [0.717, 1.165) is 5.56 Å². The van der Waals surface area contributed by atoms with Gasteiger partial charge in [0.05, 0.1) is 0 Å². The van der Waals surface area contributed by atoms with Crippen LogP contribution in [0.5, 0.6) is 0 Å². The number of hydrogen-bond donors (Lipinski definition) is 0. The molecule has 0 radical (unpaired) electrons. The summed E-state index contributed by atoms with van der Waals surface area (Å²) >= 11 is 0. The van der Waals surface area contributed by atoms with Crippen LogP contribution >= 0.6 is 0 Å². The normalized spacial score (nSPS) is 12.6. The van der Waals surface area contributed by atoms with Crippen LogP contribution in [0.1, 0.15) is 11.6 Å². The number of nitrogens with zero attached hydrogens (tertiary/aromatic N) is 2. The van der Waals surface area contributed by atoms with Gasteiger partial charge in [0, 0.05) is 14.1 Å². The average molecular weight is 206 g/mol. The standard InChI is InChI=1S/C12H18N2O/c1-13(2)11(12(15)14(3)4)10-8-6-5-7-9-10/h5-9,11H,1-4H3. The zero-order valence-corrected chi connectivity index (χ0v) is 9.77. The largest absolute Gasteiger partial charge is 0.347 e. The van der Waals surface area contributed by atoms with Crippen molar-refractivity contribution in [1.82, 2.24) is 9.80 Å². The highest BCUT2D eigenvalue weighted by Crippen LogP contribution is 2.19. The number of carbonyl (C=O) groups is 1. The van der Waals surface area contributed by atoms with E-state index in [-0.39, 0.29) is 11.9 Å². The predicted octanol–water partition coefficient (Wildman–Crippen LogP) is 1.38. The van der Waals surface area contributed by atoms with E-state index < -0.39 is 0 Å². The van der Waals surface area contributed by atoms with E-state index in [2.05, 4.69) is 0 Å². The Morgan fingerprint density at radius 2 is 1.60 bits per heavy atom. The summed E-state index contributed by atoms with van der Waals surface area (Å²) in [4.78, 5) is 15.5. The summed E-state index contributed by atoms with van der Waals surface area (Å²) in [6.07, 6.45) is 0. The van der Waals surface area contributed by atoms with Crippen LogP contribution in [-0.4, -0.2) is 43.9 Å². The van der Waals surface area contributed by atoms with Crippen LogP contribution in [0.4, 0.5) is 0 Å². The van der Waals surface area contributed by atoms with Crippen LogP contribution < -0.4 is 0 Å². The summed E-state index contributed by atoms with van der Waals surface area (Å²) < 4.78 is 0. The number of benzene rings is 1. The van der Waals surface area contributed by atoms with Crippen molar-refractivity contribution in [3.63, 3.8) is 0 Å². The molecule has 1 atom stereocenters. The minimum Gasteiger partial charge on any atom is -0.347 e. The highest BCUT2D eigenvalue weighted by Gasteiger charge is 2.23. The van der Waals surface area contributed by atoms with Gasteiger partial charge < -0.3 is 4.90 Å². The van der Waals surface area contributed by atoms with Crippen molar-refractivity contribution in [2.24, 2.45) is 0 Å². The third kappa shape index (κ3) is 2.80. The van der Waals surface area contributed by atoms with E-state index in [9.17, 15) is 4.79 Å². The summed E-state index contributed by atoms with van der Waals surface area (Å²) in [6, 6.07) is 9.62. The molecule has 0 fully saturated rings. The molecular weight excluding hydrogens is 188 g/mol. The van der Waals surface area contributed by atoms with Crippen molar-refractivity contribution in [3.05, 3.63) is 35.9 Å². The highest BCUT2D eigenvalue weighted by molar-refractivity contribution is 5.82. The number of carbonyl (C=O) groups excluding carboxylic acids is 1. The van der Waals surface area contributed by atoms with E-state index in [4.69, 9.17) is 0 Å². The van der Waals surface area contributed by atoms with Crippen molar-refractivity contribution in [2.45, 2.75) is 6.04 Å². The number of likely N-dealkylation sites (N-methyl/N-ethyl adjacent to an activating group) is 2. The molecule has 0 saturated carbocycles. The summed E-state index contributed by atoms with van der Waals surface area (Å²) in [5.74, 6) is 0.103. The molecule has 0 aliphatic carbocycles. The lowest BCUT2D eigenvalue weighted by atomic mass is 10.1. The lowest BCUT2D eigenvalue weighted by molar-refractivity contribution is -0.133. The highest BCUT2D eigenvalue weighted by atomic mass is 16.2. The smallest absolute Gasteiger partial charge is 0.243 e. The molecule has 1 unspecified atom stereocenters. The zero-order valence-electron chi connectivity index (χ0n) is 9.77. The molecule has 0 bridgehead atoms. The molecule has 3 heteroatoms. The first-order valence-electron chi connectivity index (χ1n) is 4.96. The average Bonchev–Trinajstić information content (AvgIpc) is 2.18. The van der Waals surface area contributed by atoms with Gasteiger partial charge in [-0.25, -0.2) is 0 Å². The molecule has 1 aromatic carbocycles. The Hall–Kier alpha value is -1.35. The number of rotatable bonds is 3. The molecule has 0 aromatic heterocycles. The van der Waals surface area contributed by atoms with Gasteiger partial charge in [0.1, 0.15) is 6.04 Å². The van der Waals surface area contributed by atoms with Gasteiger partial charge in [-0.1, -0.05) is 30.3 Å². The van der Waals surface area contributed by atoms with E-state index in [0.29, 0.717) is 0 Å². The van der Waals surface area contributed by atoms with Gasteiger partial charge in [0.25, 0.3) is 0 Å². The second-order valence-electron chi connectivity index (χ2n) is 4.01. The van der Waals surface area contributed by atoms with Gasteiger partial charge in [0.15, 0.2) is 0 Å². The SMILES string of the molecule is CN(C)C(=O)C(c1ccccc1)N(C)C. The van der Waals surface area contributed by atoms with Crippen LogP contribution in [0.25, 0.3) is 0 Å². The molecule has 82 valence electrons. The van der Waals surface area contributed by atoms with E-state index in [1.807, 2.05) is 49.3 Å². The Balaban J connectivity index is 2.99. The van der Waals surface area contributed by atoms with Crippen LogP contribution in [0.3, 0.4) is 0 Å². The van der Waals surface area contributed by atoms with E-state index in [1.165, 1.54) is 0 Å². The molecule has 0 heterocycles. The van der Waals surface area contributed by atoms with E-state index >= 15 is 0 Å². The fourth-order valence-corrected chi connectivity index (χ4v) is 1.54.